The number of fused-ring (bicyclic) bond motifs is 2. The number of esters is 2. The highest BCUT2D eigenvalue weighted by Crippen LogP contribution is 2.35. The molecule has 0 spiro atoms. The Labute approximate surface area is 520 Å². The second kappa shape index (κ2) is 31.2. The van der Waals surface area contributed by atoms with Gasteiger partial charge in [0.15, 0.2) is 11.8 Å². The molecule has 0 bridgehead atoms. The lowest BCUT2D eigenvalue weighted by atomic mass is 10.00. The number of likely N-dealkylation sites (N-methyl/N-ethyl adjacent to an activating group) is 4. The van der Waals surface area contributed by atoms with Gasteiger partial charge < -0.3 is 70.7 Å². The van der Waals surface area contributed by atoms with Crippen LogP contribution in [0.1, 0.15) is 49.4 Å². The van der Waals surface area contributed by atoms with Gasteiger partial charge in [-0.3, -0.25) is 29.0 Å². The Morgan fingerprint density at radius 2 is 0.889 bits per heavy atom. The summed E-state index contributed by atoms with van der Waals surface area (Å²) in [6.45, 7) is 8.18. The highest BCUT2D eigenvalue weighted by molar-refractivity contribution is 6.23. The van der Waals surface area contributed by atoms with Crippen LogP contribution in [0.4, 0.5) is 22.7 Å². The number of nitrogens with one attached hydrogen (secondary N) is 2. The number of carboxylic acid groups (broad SMARTS) is 2. The molecule has 90 heavy (non-hydrogen) atoms. The van der Waals surface area contributed by atoms with Crippen molar-refractivity contribution >= 4 is 91.7 Å². The molecular weight excluding hydrogens is 1150 g/mol. The van der Waals surface area contributed by atoms with Crippen molar-refractivity contribution in [3.63, 3.8) is 0 Å². The zero-order valence-corrected chi connectivity index (χ0v) is 50.9. The number of methoxy groups -OCH3 is 2. The number of carbonyl (C=O) groups is 6. The second-order valence-corrected chi connectivity index (χ2v) is 21.5. The Morgan fingerprint density at radius 1 is 0.533 bits per heavy atom. The molecule has 2 amide bonds. The number of aliphatic imine (C=N–C) groups is 2. The SMILES string of the molecule is COC(=O)c1ccc2c(C(=Nc3ccc(N(C)C(=O)CN4CCN(C)CC4)cc3)c3ccccc3)c(O)[nH]c2c1.COC(=O)c1ccc2c(C(=Nc3ccc(N(C)C(=O)CN4CCN(C)CC4)cc3)c3ccccc3)c(O)[nH]c2c1.N[C@@H](CC(=O)O)C(=O)O.O. The van der Waals surface area contributed by atoms with Crippen molar-refractivity contribution in [2.75, 3.05) is 118 Å². The third kappa shape index (κ3) is 17.2. The van der Waals surface area contributed by atoms with Crippen LogP contribution in [0.3, 0.4) is 0 Å². The maximum Gasteiger partial charge on any atom is 0.337 e. The van der Waals surface area contributed by atoms with Gasteiger partial charge in [0.2, 0.25) is 11.8 Å². The van der Waals surface area contributed by atoms with Gasteiger partial charge >= 0.3 is 23.9 Å². The molecule has 6 aromatic carbocycles. The number of aliphatic carboxylic acids is 2. The first-order valence-corrected chi connectivity index (χ1v) is 28.6. The predicted molar refractivity (Wildman–Crippen MR) is 345 cm³/mol. The summed E-state index contributed by atoms with van der Waals surface area (Å²) in [7, 11) is 10.4. The number of aromatic hydroxyl groups is 2. The van der Waals surface area contributed by atoms with Crippen molar-refractivity contribution in [2.45, 2.75) is 12.5 Å². The number of amides is 2. The third-order valence-corrected chi connectivity index (χ3v) is 15.3. The zero-order valence-electron chi connectivity index (χ0n) is 50.9. The van der Waals surface area contributed by atoms with E-state index in [4.69, 9.17) is 35.4 Å². The summed E-state index contributed by atoms with van der Waals surface area (Å²) in [5, 5.41) is 39.4. The number of benzene rings is 6. The molecule has 472 valence electrons. The molecule has 0 unspecified atom stereocenters. The minimum atomic E-state index is -1.29. The molecule has 0 aliphatic carbocycles. The van der Waals surface area contributed by atoms with E-state index >= 15 is 0 Å². The number of hydrogen-bond donors (Lipinski definition) is 7. The number of piperazine rings is 2. The number of carboxylic acids is 2. The number of aromatic nitrogens is 2. The first kappa shape index (κ1) is 67.4. The van der Waals surface area contributed by atoms with E-state index in [1.165, 1.54) is 14.2 Å². The minimum Gasteiger partial charge on any atom is -0.494 e. The van der Waals surface area contributed by atoms with Crippen LogP contribution < -0.4 is 15.5 Å². The number of nitrogens with two attached hydrogens (primary N) is 1. The van der Waals surface area contributed by atoms with Crippen LogP contribution in [0.25, 0.3) is 21.8 Å². The van der Waals surface area contributed by atoms with Crippen molar-refractivity contribution in [3.8, 4) is 11.8 Å². The number of nitrogens with zero attached hydrogens (tertiary/aromatic N) is 8. The molecule has 2 fully saturated rings. The van der Waals surface area contributed by atoms with Gasteiger partial charge in [-0.25, -0.2) is 19.6 Å². The van der Waals surface area contributed by atoms with Gasteiger partial charge in [0, 0.05) is 111 Å². The van der Waals surface area contributed by atoms with Gasteiger partial charge in [-0.1, -0.05) is 72.8 Å². The Balaban J connectivity index is 0.000000223. The van der Waals surface area contributed by atoms with Crippen molar-refractivity contribution in [3.05, 3.63) is 179 Å². The van der Waals surface area contributed by atoms with Gasteiger partial charge in [0.05, 0.1) is 78.8 Å². The van der Waals surface area contributed by atoms with Crippen molar-refractivity contribution in [1.82, 2.24) is 29.6 Å². The maximum atomic E-state index is 12.9. The van der Waals surface area contributed by atoms with E-state index in [1.54, 1.807) is 60.3 Å². The first-order chi connectivity index (χ1) is 42.7. The van der Waals surface area contributed by atoms with E-state index < -0.39 is 36.3 Å². The van der Waals surface area contributed by atoms with E-state index in [-0.39, 0.29) is 29.1 Å². The molecule has 1 atom stereocenters. The van der Waals surface area contributed by atoms with Crippen molar-refractivity contribution in [1.29, 1.82) is 0 Å². The van der Waals surface area contributed by atoms with Crippen LogP contribution in [0.2, 0.25) is 0 Å². The number of rotatable bonds is 17. The monoisotopic (exact) mass is 1230 g/mol. The lowest BCUT2D eigenvalue weighted by Crippen LogP contribution is -2.48. The molecule has 4 heterocycles. The second-order valence-electron chi connectivity index (χ2n) is 21.5. The van der Waals surface area contributed by atoms with Gasteiger partial charge in [0.1, 0.15) is 6.04 Å². The quantitative estimate of drug-likeness (QED) is 0.0398. The van der Waals surface area contributed by atoms with Gasteiger partial charge in [-0.05, 0) is 86.9 Å². The molecule has 2 aliphatic rings. The molecule has 2 aromatic heterocycles. The van der Waals surface area contributed by atoms with E-state index in [0.29, 0.717) is 69.2 Å². The summed E-state index contributed by atoms with van der Waals surface area (Å²) in [5.41, 5.74) is 13.5. The lowest BCUT2D eigenvalue weighted by molar-refractivity contribution is -0.144. The van der Waals surface area contributed by atoms with Crippen LogP contribution in [0.15, 0.2) is 156 Å². The van der Waals surface area contributed by atoms with Crippen LogP contribution in [-0.2, 0) is 28.7 Å². The largest absolute Gasteiger partial charge is 0.494 e. The topological polar surface area (TPSA) is 335 Å². The van der Waals surface area contributed by atoms with Gasteiger partial charge in [0.25, 0.3) is 0 Å². The maximum absolute atomic E-state index is 12.9. The number of carbonyl (C=O) groups excluding carboxylic acids is 4. The fourth-order valence-corrected chi connectivity index (χ4v) is 9.99. The van der Waals surface area contributed by atoms with Gasteiger partial charge in [-0.2, -0.15) is 0 Å². The molecule has 0 radical (unpaired) electrons. The van der Waals surface area contributed by atoms with Crippen LogP contribution in [0.5, 0.6) is 11.8 Å². The number of hydrogen-bond acceptors (Lipinski definition) is 17. The van der Waals surface area contributed by atoms with E-state index in [0.717, 1.165) is 85.6 Å². The molecular formula is C66H75N11O13. The number of anilines is 2. The summed E-state index contributed by atoms with van der Waals surface area (Å²) >= 11 is 0. The molecule has 2 saturated heterocycles. The Hall–Kier alpha value is -10.1. The summed E-state index contributed by atoms with van der Waals surface area (Å²) < 4.78 is 9.67. The molecule has 10 rings (SSSR count). The Bertz CT molecular complexity index is 3620. The molecule has 10 N–H and O–H groups in total. The van der Waals surface area contributed by atoms with Crippen LogP contribution in [0, 0.1) is 0 Å². The fourth-order valence-electron chi connectivity index (χ4n) is 9.99. The molecule has 0 saturated carbocycles. The van der Waals surface area contributed by atoms with E-state index in [1.807, 2.05) is 109 Å². The standard InChI is InChI=1S/2C31H33N5O4.C4H7NO4.H2O/c2*1-34-15-17-36(18-16-34)20-27(37)35(2)24-12-10-23(11-13-24)32-29(21-7-5-4-6-8-21)28-25-14-9-22(31(39)40-3)19-26(25)33-30(28)38;5-2(4(8)9)1-3(6)7;/h2*4-14,19,33,38H,15-18,20H2,1-3H3;2H,1,5H2,(H,6,7)(H,8,9);1H2/t;;2-;/m..0./s1. The summed E-state index contributed by atoms with van der Waals surface area (Å²) in [6.07, 6.45) is -0.532. The van der Waals surface area contributed by atoms with E-state index in [9.17, 15) is 39.0 Å². The highest BCUT2D eigenvalue weighted by Gasteiger charge is 2.25. The highest BCUT2D eigenvalue weighted by atomic mass is 16.5. The smallest absolute Gasteiger partial charge is 0.337 e. The zero-order chi connectivity index (χ0) is 63.9. The molecule has 8 aromatic rings. The van der Waals surface area contributed by atoms with Crippen LogP contribution >= 0.6 is 0 Å². The van der Waals surface area contributed by atoms with Gasteiger partial charge in [-0.15, -0.1) is 0 Å². The normalized spacial score (nSPS) is 14.4. The first-order valence-electron chi connectivity index (χ1n) is 28.6. The average Bonchev–Trinajstić information content (AvgIpc) is 1.65. The third-order valence-electron chi connectivity index (χ3n) is 15.3. The predicted octanol–water partition coefficient (Wildman–Crippen LogP) is 6.13. The number of H-pyrrole nitrogens is 2. The lowest BCUT2D eigenvalue weighted by Gasteiger charge is -2.32. The summed E-state index contributed by atoms with van der Waals surface area (Å²) in [5.74, 6) is -3.43. The van der Waals surface area contributed by atoms with Crippen molar-refractivity contribution in [2.24, 2.45) is 15.7 Å². The van der Waals surface area contributed by atoms with Crippen LogP contribution in [-0.4, -0.2) is 216 Å². The number of ether oxygens (including phenoxy) is 2. The van der Waals surface area contributed by atoms with E-state index in [2.05, 4.69) is 43.7 Å². The Morgan fingerprint density at radius 3 is 1.20 bits per heavy atom. The molecule has 24 heteroatoms. The fraction of sp³-hybridized carbons (Fsp3) is 0.273. The molecule has 2 aliphatic heterocycles. The average molecular weight is 1230 g/mol. The van der Waals surface area contributed by atoms with Crippen molar-refractivity contribution < 1.29 is 64.1 Å². The number of aromatic amines is 2. The minimum absolute atomic E-state index is 0. The Kier molecular flexibility index (Phi) is 23.4. The summed E-state index contributed by atoms with van der Waals surface area (Å²) in [6, 6.07) is 43.0. The summed E-state index contributed by atoms with van der Waals surface area (Å²) in [4.78, 5) is 97.6. The molecule has 24 nitrogen and oxygen atoms in total.